The Bertz CT molecular complexity index is 410. The number of anilines is 2. The summed E-state index contributed by atoms with van der Waals surface area (Å²) in [5, 5.41) is 4.07. The maximum atomic E-state index is 6.03. The van der Waals surface area contributed by atoms with E-state index in [1.165, 1.54) is 0 Å². The maximum absolute atomic E-state index is 6.03. The van der Waals surface area contributed by atoms with Gasteiger partial charge in [0, 0.05) is 12.6 Å². The molecule has 0 radical (unpaired) electrons. The monoisotopic (exact) mass is 304 g/mol. The van der Waals surface area contributed by atoms with E-state index in [4.69, 9.17) is 28.9 Å². The zero-order valence-corrected chi connectivity index (χ0v) is 13.2. The molecule has 0 unspecified atom stereocenters. The lowest BCUT2D eigenvalue weighted by atomic mass is 10.2. The first-order valence-corrected chi connectivity index (χ1v) is 7.23. The van der Waals surface area contributed by atoms with Crippen LogP contribution in [0.15, 0.2) is 6.07 Å². The quantitative estimate of drug-likeness (QED) is 0.757. The highest BCUT2D eigenvalue weighted by Crippen LogP contribution is 2.27. The first kappa shape index (κ1) is 16.3. The van der Waals surface area contributed by atoms with Crippen LogP contribution in [0.4, 0.5) is 11.6 Å². The van der Waals surface area contributed by atoms with E-state index in [0.717, 1.165) is 25.9 Å². The molecule has 4 nitrogen and oxygen atoms in total. The van der Waals surface area contributed by atoms with Crippen LogP contribution in [0.25, 0.3) is 0 Å². The van der Waals surface area contributed by atoms with Crippen molar-refractivity contribution >= 4 is 34.8 Å². The summed E-state index contributed by atoms with van der Waals surface area (Å²) in [6, 6.07) is 2.19. The number of halogens is 2. The van der Waals surface area contributed by atoms with E-state index < -0.39 is 0 Å². The summed E-state index contributed by atoms with van der Waals surface area (Å²) in [5.41, 5.74) is 5.64. The molecule has 0 saturated carbocycles. The zero-order chi connectivity index (χ0) is 14.4. The lowest BCUT2D eigenvalue weighted by Gasteiger charge is -2.20. The standard InChI is InChI=1S/C13H22Cl2N4/c1-9(2)19(3)7-5-4-6-17-13-11(15)8-10(14)12(16)18-13/h8-9H,4-7H2,1-3H3,(H3,16,17,18). The smallest absolute Gasteiger partial charge is 0.147 e. The molecule has 0 aromatic carbocycles. The van der Waals surface area contributed by atoms with Crippen molar-refractivity contribution < 1.29 is 0 Å². The van der Waals surface area contributed by atoms with Crippen LogP contribution in [0.5, 0.6) is 0 Å². The van der Waals surface area contributed by atoms with Gasteiger partial charge in [0.15, 0.2) is 0 Å². The molecule has 0 fully saturated rings. The summed E-state index contributed by atoms with van der Waals surface area (Å²) in [6.07, 6.45) is 2.18. The van der Waals surface area contributed by atoms with Crippen molar-refractivity contribution in [3.8, 4) is 0 Å². The van der Waals surface area contributed by atoms with Crippen LogP contribution < -0.4 is 11.1 Å². The lowest BCUT2D eigenvalue weighted by molar-refractivity contribution is 0.269. The summed E-state index contributed by atoms with van der Waals surface area (Å²) in [7, 11) is 2.14. The van der Waals surface area contributed by atoms with E-state index in [-0.39, 0.29) is 0 Å². The molecule has 108 valence electrons. The number of nitrogens with two attached hydrogens (primary N) is 1. The molecule has 1 heterocycles. The van der Waals surface area contributed by atoms with Gasteiger partial charge in [0.1, 0.15) is 11.6 Å². The van der Waals surface area contributed by atoms with E-state index in [9.17, 15) is 0 Å². The third-order valence-corrected chi connectivity index (χ3v) is 3.66. The highest BCUT2D eigenvalue weighted by Gasteiger charge is 2.06. The summed E-state index contributed by atoms with van der Waals surface area (Å²) < 4.78 is 0. The SMILES string of the molecule is CC(C)N(C)CCCCNc1nc(N)c(Cl)cc1Cl. The van der Waals surface area contributed by atoms with Crippen LogP contribution in [-0.2, 0) is 0 Å². The van der Waals surface area contributed by atoms with Gasteiger partial charge in [0.05, 0.1) is 10.0 Å². The zero-order valence-electron chi connectivity index (χ0n) is 11.7. The summed E-state index contributed by atoms with van der Waals surface area (Å²) in [4.78, 5) is 6.45. The van der Waals surface area contributed by atoms with E-state index in [0.29, 0.717) is 27.7 Å². The van der Waals surface area contributed by atoms with Gasteiger partial charge in [-0.05, 0) is 46.3 Å². The molecule has 6 heteroatoms. The third kappa shape index (κ3) is 5.43. The molecule has 0 saturated heterocycles. The average Bonchev–Trinajstić information content (AvgIpc) is 2.34. The second kappa shape index (κ2) is 7.78. The van der Waals surface area contributed by atoms with Crippen molar-refractivity contribution in [3.63, 3.8) is 0 Å². The van der Waals surface area contributed by atoms with Crippen LogP contribution in [0, 0.1) is 0 Å². The first-order chi connectivity index (χ1) is 8.91. The Morgan fingerprint density at radius 2 is 2.00 bits per heavy atom. The fraction of sp³-hybridized carbons (Fsp3) is 0.615. The molecule has 0 aliphatic heterocycles. The highest BCUT2D eigenvalue weighted by molar-refractivity contribution is 6.37. The van der Waals surface area contributed by atoms with Gasteiger partial charge < -0.3 is 16.0 Å². The van der Waals surface area contributed by atoms with Crippen molar-refractivity contribution in [2.45, 2.75) is 32.7 Å². The summed E-state index contributed by atoms with van der Waals surface area (Å²) >= 11 is 11.9. The number of rotatable bonds is 7. The molecule has 0 bridgehead atoms. The van der Waals surface area contributed by atoms with Gasteiger partial charge in [-0.3, -0.25) is 0 Å². The largest absolute Gasteiger partial charge is 0.382 e. The number of nitrogens with zero attached hydrogens (tertiary/aromatic N) is 2. The molecule has 0 atom stereocenters. The number of aromatic nitrogens is 1. The predicted octanol–water partition coefficient (Wildman–Crippen LogP) is 3.50. The number of nitrogen functional groups attached to an aromatic ring is 1. The minimum absolute atomic E-state index is 0.299. The summed E-state index contributed by atoms with van der Waals surface area (Å²) in [5.74, 6) is 0.897. The van der Waals surface area contributed by atoms with E-state index in [1.54, 1.807) is 6.07 Å². The van der Waals surface area contributed by atoms with Crippen molar-refractivity contribution in [1.82, 2.24) is 9.88 Å². The molecular formula is C13H22Cl2N4. The van der Waals surface area contributed by atoms with Crippen molar-refractivity contribution in [2.75, 3.05) is 31.2 Å². The van der Waals surface area contributed by atoms with Crippen molar-refractivity contribution in [1.29, 1.82) is 0 Å². The number of hydrogen-bond donors (Lipinski definition) is 2. The molecule has 0 spiro atoms. The Kier molecular flexibility index (Phi) is 6.69. The van der Waals surface area contributed by atoms with Crippen LogP contribution in [0.1, 0.15) is 26.7 Å². The minimum Gasteiger partial charge on any atom is -0.382 e. The molecule has 0 aliphatic carbocycles. The fourth-order valence-corrected chi connectivity index (χ4v) is 1.98. The fourth-order valence-electron chi connectivity index (χ4n) is 1.56. The Hall–Kier alpha value is -0.710. The number of unbranched alkanes of at least 4 members (excludes halogenated alkanes) is 1. The molecule has 1 aromatic rings. The number of nitrogens with one attached hydrogen (secondary N) is 1. The molecule has 19 heavy (non-hydrogen) atoms. The van der Waals surface area contributed by atoms with Gasteiger partial charge in [-0.25, -0.2) is 4.98 Å². The van der Waals surface area contributed by atoms with E-state index in [2.05, 4.69) is 36.1 Å². The van der Waals surface area contributed by atoms with Crippen LogP contribution in [0.3, 0.4) is 0 Å². The van der Waals surface area contributed by atoms with Crippen LogP contribution in [0.2, 0.25) is 10.0 Å². The van der Waals surface area contributed by atoms with Gasteiger partial charge in [-0.15, -0.1) is 0 Å². The van der Waals surface area contributed by atoms with E-state index >= 15 is 0 Å². The predicted molar refractivity (Wildman–Crippen MR) is 84.2 cm³/mol. The Morgan fingerprint density at radius 3 is 2.63 bits per heavy atom. The Balaban J connectivity index is 2.32. The van der Waals surface area contributed by atoms with Gasteiger partial charge >= 0.3 is 0 Å². The molecule has 1 rings (SSSR count). The van der Waals surface area contributed by atoms with Gasteiger partial charge in [-0.2, -0.15) is 0 Å². The Labute approximate surface area is 125 Å². The topological polar surface area (TPSA) is 54.2 Å². The molecule has 0 amide bonds. The molecule has 0 aliphatic rings. The van der Waals surface area contributed by atoms with Crippen LogP contribution >= 0.6 is 23.2 Å². The molecule has 3 N–H and O–H groups in total. The van der Waals surface area contributed by atoms with Gasteiger partial charge in [0.25, 0.3) is 0 Å². The third-order valence-electron chi connectivity index (χ3n) is 3.07. The van der Waals surface area contributed by atoms with Crippen molar-refractivity contribution in [3.05, 3.63) is 16.1 Å². The first-order valence-electron chi connectivity index (χ1n) is 6.47. The maximum Gasteiger partial charge on any atom is 0.147 e. The normalized spacial score (nSPS) is 11.3. The average molecular weight is 305 g/mol. The highest BCUT2D eigenvalue weighted by atomic mass is 35.5. The minimum atomic E-state index is 0.299. The van der Waals surface area contributed by atoms with Crippen LogP contribution in [-0.4, -0.2) is 36.1 Å². The lowest BCUT2D eigenvalue weighted by Crippen LogP contribution is -2.27. The summed E-state index contributed by atoms with van der Waals surface area (Å²) in [6.45, 7) is 6.29. The van der Waals surface area contributed by atoms with Gasteiger partial charge in [0.2, 0.25) is 0 Å². The molecule has 1 aromatic heterocycles. The van der Waals surface area contributed by atoms with Crippen molar-refractivity contribution in [2.24, 2.45) is 0 Å². The number of hydrogen-bond acceptors (Lipinski definition) is 4. The second-order valence-corrected chi connectivity index (χ2v) is 5.71. The molecular weight excluding hydrogens is 283 g/mol. The second-order valence-electron chi connectivity index (χ2n) is 4.89. The number of pyridine rings is 1. The van der Waals surface area contributed by atoms with Gasteiger partial charge in [-0.1, -0.05) is 23.2 Å². The Morgan fingerprint density at radius 1 is 1.32 bits per heavy atom. The van der Waals surface area contributed by atoms with E-state index in [1.807, 2.05) is 0 Å².